The van der Waals surface area contributed by atoms with Crippen molar-refractivity contribution in [3.05, 3.63) is 41.5 Å². The number of carbonyl (C=O) groups is 1. The average Bonchev–Trinajstić information content (AvgIpc) is 2.29. The fraction of sp³-hybridized carbons (Fsp3) is 0.167. The molecule has 0 aliphatic heterocycles. The van der Waals surface area contributed by atoms with Crippen LogP contribution < -0.4 is 5.32 Å². The van der Waals surface area contributed by atoms with Crippen LogP contribution in [-0.4, -0.2) is 13.0 Å². The van der Waals surface area contributed by atoms with Gasteiger partial charge in [-0.1, -0.05) is 24.3 Å². The van der Waals surface area contributed by atoms with Crippen LogP contribution in [0.4, 0.5) is 0 Å². The normalized spacial score (nSPS) is 9.87. The molecule has 1 amide bonds. The molecular weight excluding hydrogens is 188 g/mol. The number of hydrogen-bond acceptors (Lipinski definition) is 2. The van der Waals surface area contributed by atoms with E-state index in [1.807, 2.05) is 24.3 Å². The predicted molar refractivity (Wildman–Crippen MR) is 59.1 cm³/mol. The Morgan fingerprint density at radius 2 is 2.13 bits per heavy atom. The molecule has 0 aliphatic rings. The van der Waals surface area contributed by atoms with E-state index in [4.69, 9.17) is 5.26 Å². The molecule has 0 aromatic heterocycles. The van der Waals surface area contributed by atoms with Gasteiger partial charge in [-0.15, -0.1) is 0 Å². The maximum Gasteiger partial charge on any atom is 0.251 e. The molecule has 0 heterocycles. The topological polar surface area (TPSA) is 52.9 Å². The highest BCUT2D eigenvalue weighted by molar-refractivity contribution is 5.94. The van der Waals surface area contributed by atoms with Gasteiger partial charge in [0.15, 0.2) is 0 Å². The Bertz CT molecular complexity index is 399. The Hall–Kier alpha value is -2.08. The molecule has 0 saturated heterocycles. The SMILES string of the molecule is CNC(=O)c1ccc(C=CCC#N)cc1. The first-order valence-corrected chi connectivity index (χ1v) is 4.63. The Morgan fingerprint density at radius 1 is 1.47 bits per heavy atom. The number of carbonyl (C=O) groups excluding carboxylic acids is 1. The van der Waals surface area contributed by atoms with Crippen LogP contribution in [0.15, 0.2) is 30.3 Å². The van der Waals surface area contributed by atoms with Crippen molar-refractivity contribution >= 4 is 12.0 Å². The van der Waals surface area contributed by atoms with Crippen molar-refractivity contribution in [1.29, 1.82) is 5.26 Å². The van der Waals surface area contributed by atoms with Gasteiger partial charge >= 0.3 is 0 Å². The van der Waals surface area contributed by atoms with E-state index in [1.54, 1.807) is 25.3 Å². The quantitative estimate of drug-likeness (QED) is 0.811. The van der Waals surface area contributed by atoms with Crippen LogP contribution in [0.2, 0.25) is 0 Å². The lowest BCUT2D eigenvalue weighted by Gasteiger charge is -1.99. The summed E-state index contributed by atoms with van der Waals surface area (Å²) in [4.78, 5) is 11.2. The van der Waals surface area contributed by atoms with E-state index in [0.717, 1.165) is 5.56 Å². The highest BCUT2D eigenvalue weighted by atomic mass is 16.1. The van der Waals surface area contributed by atoms with E-state index in [-0.39, 0.29) is 5.91 Å². The molecule has 0 atom stereocenters. The second-order valence-corrected chi connectivity index (χ2v) is 2.97. The van der Waals surface area contributed by atoms with Crippen molar-refractivity contribution in [3.8, 4) is 6.07 Å². The Kier molecular flexibility index (Phi) is 4.11. The molecule has 0 aliphatic carbocycles. The summed E-state index contributed by atoms with van der Waals surface area (Å²) in [6.07, 6.45) is 4.04. The van der Waals surface area contributed by atoms with Crippen LogP contribution in [0.3, 0.4) is 0 Å². The van der Waals surface area contributed by atoms with Gasteiger partial charge in [-0.25, -0.2) is 0 Å². The van der Waals surface area contributed by atoms with Gasteiger partial charge in [-0.05, 0) is 17.7 Å². The fourth-order valence-electron chi connectivity index (χ4n) is 1.14. The third kappa shape index (κ3) is 3.28. The number of amides is 1. The molecule has 15 heavy (non-hydrogen) atoms. The van der Waals surface area contributed by atoms with Crippen LogP contribution in [0.25, 0.3) is 6.08 Å². The van der Waals surface area contributed by atoms with Crippen molar-refractivity contribution in [1.82, 2.24) is 5.32 Å². The van der Waals surface area contributed by atoms with E-state index < -0.39 is 0 Å². The number of allylic oxidation sites excluding steroid dienone is 1. The van der Waals surface area contributed by atoms with Gasteiger partial charge in [0.05, 0.1) is 12.5 Å². The molecule has 0 saturated carbocycles. The second-order valence-electron chi connectivity index (χ2n) is 2.97. The lowest BCUT2D eigenvalue weighted by molar-refractivity contribution is 0.0963. The van der Waals surface area contributed by atoms with Crippen molar-refractivity contribution in [2.24, 2.45) is 0 Å². The fourth-order valence-corrected chi connectivity index (χ4v) is 1.14. The number of nitrogens with zero attached hydrogens (tertiary/aromatic N) is 1. The third-order valence-electron chi connectivity index (χ3n) is 1.92. The van der Waals surface area contributed by atoms with Crippen LogP contribution >= 0.6 is 0 Å². The number of nitriles is 1. The summed E-state index contributed by atoms with van der Waals surface area (Å²) in [6, 6.07) is 9.23. The molecule has 3 heteroatoms. The van der Waals surface area contributed by atoms with E-state index in [0.29, 0.717) is 12.0 Å². The Labute approximate surface area is 89.0 Å². The molecular formula is C12H12N2O. The zero-order valence-electron chi connectivity index (χ0n) is 8.53. The van der Waals surface area contributed by atoms with Crippen LogP contribution in [0.5, 0.6) is 0 Å². The van der Waals surface area contributed by atoms with Gasteiger partial charge in [0.1, 0.15) is 0 Å². The predicted octanol–water partition coefficient (Wildman–Crippen LogP) is 1.97. The van der Waals surface area contributed by atoms with Crippen molar-refractivity contribution in [3.63, 3.8) is 0 Å². The van der Waals surface area contributed by atoms with Gasteiger partial charge in [-0.2, -0.15) is 5.26 Å². The van der Waals surface area contributed by atoms with Crippen LogP contribution in [0.1, 0.15) is 22.3 Å². The first-order valence-electron chi connectivity index (χ1n) is 4.63. The number of hydrogen-bond donors (Lipinski definition) is 1. The first kappa shape index (κ1) is 11.0. The minimum absolute atomic E-state index is 0.0949. The molecule has 1 aromatic carbocycles. The molecule has 76 valence electrons. The van der Waals surface area contributed by atoms with Crippen molar-refractivity contribution < 1.29 is 4.79 Å². The summed E-state index contributed by atoms with van der Waals surface area (Å²) in [7, 11) is 1.60. The molecule has 0 unspecified atom stereocenters. The highest BCUT2D eigenvalue weighted by Crippen LogP contribution is 2.06. The van der Waals surface area contributed by atoms with E-state index in [9.17, 15) is 4.79 Å². The Morgan fingerprint density at radius 3 is 2.67 bits per heavy atom. The summed E-state index contributed by atoms with van der Waals surface area (Å²) >= 11 is 0. The lowest BCUT2D eigenvalue weighted by atomic mass is 10.1. The molecule has 1 aromatic rings. The van der Waals surface area contributed by atoms with Gasteiger partial charge in [-0.3, -0.25) is 4.79 Å². The maximum absolute atomic E-state index is 11.2. The number of rotatable bonds is 3. The van der Waals surface area contributed by atoms with Crippen molar-refractivity contribution in [2.45, 2.75) is 6.42 Å². The molecule has 0 fully saturated rings. The number of benzene rings is 1. The minimum Gasteiger partial charge on any atom is -0.355 e. The molecule has 1 rings (SSSR count). The van der Waals surface area contributed by atoms with Gasteiger partial charge in [0, 0.05) is 12.6 Å². The molecule has 1 N–H and O–H groups in total. The van der Waals surface area contributed by atoms with Gasteiger partial charge < -0.3 is 5.32 Å². The third-order valence-corrected chi connectivity index (χ3v) is 1.92. The monoisotopic (exact) mass is 200 g/mol. The molecule has 0 spiro atoms. The summed E-state index contributed by atoms with van der Waals surface area (Å²) in [6.45, 7) is 0. The minimum atomic E-state index is -0.0949. The standard InChI is InChI=1S/C12H12N2O/c1-14-12(15)11-7-5-10(6-8-11)4-2-3-9-13/h2,4-8H,3H2,1H3,(H,14,15). The van der Waals surface area contributed by atoms with Crippen LogP contribution in [-0.2, 0) is 0 Å². The molecule has 3 nitrogen and oxygen atoms in total. The summed E-state index contributed by atoms with van der Waals surface area (Å²) in [5.41, 5.74) is 1.62. The van der Waals surface area contributed by atoms with Crippen molar-refractivity contribution in [2.75, 3.05) is 7.05 Å². The van der Waals surface area contributed by atoms with Gasteiger partial charge in [0.2, 0.25) is 0 Å². The van der Waals surface area contributed by atoms with Crippen LogP contribution in [0, 0.1) is 11.3 Å². The highest BCUT2D eigenvalue weighted by Gasteiger charge is 2.00. The average molecular weight is 200 g/mol. The van der Waals surface area contributed by atoms with Gasteiger partial charge in [0.25, 0.3) is 5.91 Å². The lowest BCUT2D eigenvalue weighted by Crippen LogP contribution is -2.17. The van der Waals surface area contributed by atoms with E-state index >= 15 is 0 Å². The summed E-state index contributed by atoms with van der Waals surface area (Å²) in [5.74, 6) is -0.0949. The second kappa shape index (κ2) is 5.61. The molecule has 0 bridgehead atoms. The first-order chi connectivity index (χ1) is 7.27. The molecule has 0 radical (unpaired) electrons. The summed E-state index contributed by atoms with van der Waals surface area (Å²) in [5, 5.41) is 10.9. The Balaban J connectivity index is 2.73. The largest absolute Gasteiger partial charge is 0.355 e. The zero-order valence-corrected chi connectivity index (χ0v) is 8.53. The maximum atomic E-state index is 11.2. The van der Waals surface area contributed by atoms with E-state index in [2.05, 4.69) is 5.32 Å². The van der Waals surface area contributed by atoms with E-state index in [1.165, 1.54) is 0 Å². The zero-order chi connectivity index (χ0) is 11.1. The smallest absolute Gasteiger partial charge is 0.251 e. The summed E-state index contributed by atoms with van der Waals surface area (Å²) < 4.78 is 0. The number of nitrogens with one attached hydrogen (secondary N) is 1.